The van der Waals surface area contributed by atoms with Gasteiger partial charge in [-0.25, -0.2) is 0 Å². The summed E-state index contributed by atoms with van der Waals surface area (Å²) in [4.78, 5) is 0. The molecule has 3 heteroatoms. The van der Waals surface area contributed by atoms with Crippen LogP contribution in [-0.4, -0.2) is 18.3 Å². The second kappa shape index (κ2) is 3.43. The molecule has 0 radical (unpaired) electrons. The van der Waals surface area contributed by atoms with Gasteiger partial charge in [-0.15, -0.1) is 6.58 Å². The Morgan fingerprint density at radius 2 is 1.56 bits per heavy atom. The van der Waals surface area contributed by atoms with Crippen LogP contribution in [0.15, 0.2) is 12.7 Å². The summed E-state index contributed by atoms with van der Waals surface area (Å²) in [6.07, 6.45) is 8.39. The molecule has 1 saturated heterocycles. The second-order valence-corrected chi connectivity index (χ2v) is 7.81. The molecule has 4 fully saturated rings. The Hall–Kier alpha value is -0.275. The molecular formula is C15H25BO2. The zero-order valence-electron chi connectivity index (χ0n) is 12.2. The lowest BCUT2D eigenvalue weighted by Gasteiger charge is -2.71. The van der Waals surface area contributed by atoms with Crippen molar-refractivity contribution in [3.05, 3.63) is 12.7 Å². The van der Waals surface area contributed by atoms with Crippen LogP contribution in [0.25, 0.3) is 0 Å². The van der Waals surface area contributed by atoms with Crippen molar-refractivity contribution in [3.63, 3.8) is 0 Å². The predicted molar refractivity (Wildman–Crippen MR) is 74.5 cm³/mol. The van der Waals surface area contributed by atoms with Gasteiger partial charge in [-0.1, -0.05) is 6.08 Å². The van der Waals surface area contributed by atoms with E-state index in [1.165, 1.54) is 25.7 Å². The molecule has 2 nitrogen and oxygen atoms in total. The zero-order valence-corrected chi connectivity index (χ0v) is 12.2. The van der Waals surface area contributed by atoms with E-state index in [1.54, 1.807) is 0 Å². The van der Waals surface area contributed by atoms with Crippen molar-refractivity contribution in [2.24, 2.45) is 5.41 Å². The molecule has 0 spiro atoms. The fourth-order valence-corrected chi connectivity index (χ4v) is 4.10. The van der Waals surface area contributed by atoms with Gasteiger partial charge in [0.25, 0.3) is 0 Å². The van der Waals surface area contributed by atoms with Gasteiger partial charge in [-0.2, -0.15) is 0 Å². The van der Waals surface area contributed by atoms with Crippen LogP contribution in [0.4, 0.5) is 0 Å². The molecule has 18 heavy (non-hydrogen) atoms. The van der Waals surface area contributed by atoms with Crippen LogP contribution in [0, 0.1) is 5.41 Å². The smallest absolute Gasteiger partial charge is 0.403 e. The van der Waals surface area contributed by atoms with E-state index < -0.39 is 0 Å². The highest BCUT2D eigenvalue weighted by Crippen LogP contribution is 2.82. The number of hydrogen-bond donors (Lipinski definition) is 0. The Labute approximate surface area is 111 Å². The SMILES string of the molecule is C=CCCC12CC(B3OC(C)(C)C(C)(C)O3)(C1)C2. The first kappa shape index (κ1) is 12.7. The first-order chi connectivity index (χ1) is 8.24. The van der Waals surface area contributed by atoms with Crippen LogP contribution in [0.3, 0.4) is 0 Å². The molecule has 0 amide bonds. The van der Waals surface area contributed by atoms with E-state index in [0.717, 1.165) is 6.42 Å². The maximum Gasteiger partial charge on any atom is 0.464 e. The molecule has 3 saturated carbocycles. The van der Waals surface area contributed by atoms with Gasteiger partial charge in [-0.05, 0) is 65.2 Å². The molecule has 4 aliphatic rings. The van der Waals surface area contributed by atoms with Gasteiger partial charge in [0.1, 0.15) is 0 Å². The molecule has 0 unspecified atom stereocenters. The minimum atomic E-state index is -0.179. The largest absolute Gasteiger partial charge is 0.464 e. The molecule has 0 aromatic carbocycles. The van der Waals surface area contributed by atoms with E-state index in [9.17, 15) is 0 Å². The van der Waals surface area contributed by atoms with Crippen LogP contribution >= 0.6 is 0 Å². The minimum Gasteiger partial charge on any atom is -0.403 e. The Morgan fingerprint density at radius 3 is 2.00 bits per heavy atom. The van der Waals surface area contributed by atoms with Crippen LogP contribution in [0.5, 0.6) is 0 Å². The normalized spacial score (nSPS) is 43.2. The van der Waals surface area contributed by atoms with Gasteiger partial charge < -0.3 is 9.31 Å². The molecule has 0 aromatic heterocycles. The maximum atomic E-state index is 6.22. The topological polar surface area (TPSA) is 18.5 Å². The molecule has 0 atom stereocenters. The molecule has 0 aromatic rings. The zero-order chi connectivity index (χ0) is 13.2. The average Bonchev–Trinajstić information content (AvgIpc) is 2.31. The molecule has 2 bridgehead atoms. The Kier molecular flexibility index (Phi) is 2.43. The van der Waals surface area contributed by atoms with Gasteiger partial charge in [0.15, 0.2) is 0 Å². The Morgan fingerprint density at radius 1 is 1.06 bits per heavy atom. The van der Waals surface area contributed by atoms with Gasteiger partial charge in [0, 0.05) is 5.31 Å². The number of rotatable bonds is 4. The Balaban J connectivity index is 1.63. The lowest BCUT2D eigenvalue weighted by atomic mass is 9.23. The van der Waals surface area contributed by atoms with Crippen molar-refractivity contribution in [2.45, 2.75) is 76.3 Å². The third kappa shape index (κ3) is 1.50. The first-order valence-corrected chi connectivity index (χ1v) is 7.21. The molecule has 100 valence electrons. The highest BCUT2D eigenvalue weighted by atomic mass is 16.7. The maximum absolute atomic E-state index is 6.22. The summed E-state index contributed by atoms with van der Waals surface area (Å²) in [6.45, 7) is 12.4. The van der Waals surface area contributed by atoms with E-state index in [2.05, 4.69) is 34.3 Å². The summed E-state index contributed by atoms with van der Waals surface area (Å²) in [5, 5.41) is 0.339. The summed E-state index contributed by atoms with van der Waals surface area (Å²) in [5.74, 6) is 0. The van der Waals surface area contributed by atoms with E-state index in [4.69, 9.17) is 9.31 Å². The van der Waals surface area contributed by atoms with Crippen molar-refractivity contribution >= 4 is 7.12 Å². The summed E-state index contributed by atoms with van der Waals surface area (Å²) in [5.41, 5.74) is 0.251. The number of hydrogen-bond acceptors (Lipinski definition) is 2. The molecule has 1 heterocycles. The van der Waals surface area contributed by atoms with Crippen LogP contribution in [0.2, 0.25) is 5.31 Å². The van der Waals surface area contributed by atoms with E-state index >= 15 is 0 Å². The fraction of sp³-hybridized carbons (Fsp3) is 0.867. The molecule has 0 N–H and O–H groups in total. The van der Waals surface area contributed by atoms with Crippen molar-refractivity contribution in [1.82, 2.24) is 0 Å². The van der Waals surface area contributed by atoms with Gasteiger partial charge in [-0.3, -0.25) is 0 Å². The van der Waals surface area contributed by atoms with Gasteiger partial charge in [0.05, 0.1) is 11.2 Å². The monoisotopic (exact) mass is 248 g/mol. The molecular weight excluding hydrogens is 223 g/mol. The third-order valence-electron chi connectivity index (χ3n) is 5.81. The van der Waals surface area contributed by atoms with Crippen molar-refractivity contribution in [3.8, 4) is 0 Å². The lowest BCUT2D eigenvalue weighted by molar-refractivity contribution is -0.114. The first-order valence-electron chi connectivity index (χ1n) is 7.21. The lowest BCUT2D eigenvalue weighted by Crippen LogP contribution is -2.63. The standard InChI is InChI=1S/C15H25BO2/c1-6-7-8-14-9-15(10-14,11-14)16-17-12(2,3)13(4,5)18-16/h6H,1,7-11H2,2-5H3. The Bertz CT molecular complexity index is 350. The van der Waals surface area contributed by atoms with Crippen LogP contribution < -0.4 is 0 Å². The van der Waals surface area contributed by atoms with Crippen LogP contribution in [0.1, 0.15) is 59.8 Å². The van der Waals surface area contributed by atoms with Crippen molar-refractivity contribution < 1.29 is 9.31 Å². The van der Waals surface area contributed by atoms with Crippen LogP contribution in [-0.2, 0) is 9.31 Å². The summed E-state index contributed by atoms with van der Waals surface area (Å²) in [7, 11) is 0.0214. The summed E-state index contributed by atoms with van der Waals surface area (Å²) >= 11 is 0. The highest BCUT2D eigenvalue weighted by Gasteiger charge is 2.75. The quantitative estimate of drug-likeness (QED) is 0.553. The number of allylic oxidation sites excluding steroid dienone is 1. The molecule has 1 aliphatic heterocycles. The van der Waals surface area contributed by atoms with E-state index in [0.29, 0.717) is 10.7 Å². The average molecular weight is 248 g/mol. The predicted octanol–water partition coefficient (Wildman–Crippen LogP) is 3.97. The minimum absolute atomic E-state index is 0.0214. The molecule has 4 rings (SSSR count). The van der Waals surface area contributed by atoms with Crippen molar-refractivity contribution in [2.75, 3.05) is 0 Å². The van der Waals surface area contributed by atoms with Crippen molar-refractivity contribution in [1.29, 1.82) is 0 Å². The van der Waals surface area contributed by atoms with Gasteiger partial charge >= 0.3 is 7.12 Å². The summed E-state index contributed by atoms with van der Waals surface area (Å²) in [6, 6.07) is 0. The third-order valence-corrected chi connectivity index (χ3v) is 5.81. The second-order valence-electron chi connectivity index (χ2n) is 7.81. The highest BCUT2D eigenvalue weighted by molar-refractivity contribution is 6.51. The summed E-state index contributed by atoms with van der Waals surface area (Å²) < 4.78 is 12.4. The van der Waals surface area contributed by atoms with E-state index in [1.807, 2.05) is 6.08 Å². The van der Waals surface area contributed by atoms with E-state index in [-0.39, 0.29) is 18.3 Å². The fourth-order valence-electron chi connectivity index (χ4n) is 4.10. The molecule has 3 aliphatic carbocycles. The van der Waals surface area contributed by atoms with Gasteiger partial charge in [0.2, 0.25) is 0 Å².